The molecule has 2 heteroatoms. The van der Waals surface area contributed by atoms with Gasteiger partial charge in [-0.05, 0) is 43.2 Å². The lowest BCUT2D eigenvalue weighted by Gasteiger charge is -2.52. The molecule has 0 aliphatic heterocycles. The SMILES string of the molecule is CC1CC(C)(C)CCC1(CN)N(C)Cc1ccccc1. The van der Waals surface area contributed by atoms with Gasteiger partial charge in [-0.15, -0.1) is 0 Å². The van der Waals surface area contributed by atoms with Crippen molar-refractivity contribution < 1.29 is 0 Å². The van der Waals surface area contributed by atoms with E-state index in [1.54, 1.807) is 0 Å². The van der Waals surface area contributed by atoms with E-state index in [0.717, 1.165) is 13.1 Å². The molecule has 1 saturated carbocycles. The third-order valence-corrected chi connectivity index (χ3v) is 5.39. The monoisotopic (exact) mass is 274 g/mol. The number of nitrogens with zero attached hydrogens (tertiary/aromatic N) is 1. The zero-order valence-corrected chi connectivity index (χ0v) is 13.5. The predicted molar refractivity (Wildman–Crippen MR) is 86.5 cm³/mol. The van der Waals surface area contributed by atoms with Crippen LogP contribution in [0.15, 0.2) is 30.3 Å². The van der Waals surface area contributed by atoms with Crippen molar-refractivity contribution in [1.29, 1.82) is 0 Å². The van der Waals surface area contributed by atoms with Gasteiger partial charge in [-0.25, -0.2) is 0 Å². The number of hydrogen-bond donors (Lipinski definition) is 1. The fraction of sp³-hybridized carbons (Fsp3) is 0.667. The summed E-state index contributed by atoms with van der Waals surface area (Å²) in [6, 6.07) is 10.7. The van der Waals surface area contributed by atoms with Crippen LogP contribution in [-0.2, 0) is 6.54 Å². The molecule has 2 unspecified atom stereocenters. The van der Waals surface area contributed by atoms with Crippen LogP contribution in [0.4, 0.5) is 0 Å². The summed E-state index contributed by atoms with van der Waals surface area (Å²) in [6.45, 7) is 8.91. The van der Waals surface area contributed by atoms with Crippen molar-refractivity contribution in [2.24, 2.45) is 17.1 Å². The van der Waals surface area contributed by atoms with Crippen LogP contribution >= 0.6 is 0 Å². The van der Waals surface area contributed by atoms with Gasteiger partial charge in [-0.1, -0.05) is 51.1 Å². The Labute approximate surface area is 124 Å². The molecule has 0 heterocycles. The van der Waals surface area contributed by atoms with Crippen LogP contribution in [0.1, 0.15) is 45.6 Å². The maximum absolute atomic E-state index is 6.23. The Morgan fingerprint density at radius 3 is 2.40 bits per heavy atom. The summed E-state index contributed by atoms with van der Waals surface area (Å²) in [5.41, 5.74) is 8.23. The van der Waals surface area contributed by atoms with Crippen LogP contribution in [0.2, 0.25) is 0 Å². The van der Waals surface area contributed by atoms with Gasteiger partial charge >= 0.3 is 0 Å². The molecule has 1 aromatic rings. The van der Waals surface area contributed by atoms with Crippen molar-refractivity contribution in [2.75, 3.05) is 13.6 Å². The van der Waals surface area contributed by atoms with Gasteiger partial charge in [-0.3, -0.25) is 4.90 Å². The van der Waals surface area contributed by atoms with Crippen LogP contribution in [0.5, 0.6) is 0 Å². The molecule has 1 fully saturated rings. The van der Waals surface area contributed by atoms with Crippen LogP contribution in [0.3, 0.4) is 0 Å². The molecular weight excluding hydrogens is 244 g/mol. The number of benzene rings is 1. The lowest BCUT2D eigenvalue weighted by atomic mass is 9.63. The predicted octanol–water partition coefficient (Wildman–Crippen LogP) is 3.66. The topological polar surface area (TPSA) is 29.3 Å². The van der Waals surface area contributed by atoms with Crippen molar-refractivity contribution in [3.8, 4) is 0 Å². The van der Waals surface area contributed by atoms with Gasteiger partial charge in [0.15, 0.2) is 0 Å². The number of nitrogens with two attached hydrogens (primary N) is 1. The maximum atomic E-state index is 6.23. The Bertz CT molecular complexity index is 426. The van der Waals surface area contributed by atoms with E-state index in [2.05, 4.69) is 63.1 Å². The van der Waals surface area contributed by atoms with Crippen molar-refractivity contribution >= 4 is 0 Å². The van der Waals surface area contributed by atoms with E-state index in [1.807, 2.05) is 0 Å². The molecule has 0 saturated heterocycles. The van der Waals surface area contributed by atoms with Crippen LogP contribution in [-0.4, -0.2) is 24.0 Å². The highest BCUT2D eigenvalue weighted by Gasteiger charge is 2.45. The molecule has 0 aromatic heterocycles. The minimum atomic E-state index is 0.158. The minimum absolute atomic E-state index is 0.158. The smallest absolute Gasteiger partial charge is 0.0358 e. The lowest BCUT2D eigenvalue weighted by molar-refractivity contribution is -0.0117. The summed E-state index contributed by atoms with van der Waals surface area (Å²) < 4.78 is 0. The van der Waals surface area contributed by atoms with E-state index >= 15 is 0 Å². The zero-order chi connectivity index (χ0) is 14.8. The van der Waals surface area contributed by atoms with E-state index in [0.29, 0.717) is 11.3 Å². The maximum Gasteiger partial charge on any atom is 0.0358 e. The Balaban J connectivity index is 2.14. The Morgan fingerprint density at radius 1 is 1.20 bits per heavy atom. The molecule has 1 aliphatic rings. The molecule has 2 atom stereocenters. The Morgan fingerprint density at radius 2 is 1.85 bits per heavy atom. The first kappa shape index (κ1) is 15.5. The Hall–Kier alpha value is -0.860. The molecule has 112 valence electrons. The van der Waals surface area contributed by atoms with Gasteiger partial charge in [0.05, 0.1) is 0 Å². The van der Waals surface area contributed by atoms with Gasteiger partial charge in [0, 0.05) is 18.6 Å². The average molecular weight is 274 g/mol. The zero-order valence-electron chi connectivity index (χ0n) is 13.5. The highest BCUT2D eigenvalue weighted by molar-refractivity contribution is 5.15. The first-order chi connectivity index (χ1) is 9.39. The molecule has 0 spiro atoms. The van der Waals surface area contributed by atoms with E-state index in [-0.39, 0.29) is 5.54 Å². The van der Waals surface area contributed by atoms with Gasteiger partial charge in [0.1, 0.15) is 0 Å². The van der Waals surface area contributed by atoms with E-state index in [4.69, 9.17) is 5.73 Å². The number of likely N-dealkylation sites (N-methyl/N-ethyl adjacent to an activating group) is 1. The lowest BCUT2D eigenvalue weighted by Crippen LogP contribution is -2.59. The van der Waals surface area contributed by atoms with Gasteiger partial charge in [0.2, 0.25) is 0 Å². The second-order valence-electron chi connectivity index (χ2n) is 7.42. The second-order valence-corrected chi connectivity index (χ2v) is 7.42. The van der Waals surface area contributed by atoms with Crippen LogP contribution in [0, 0.1) is 11.3 Å². The third kappa shape index (κ3) is 3.07. The number of hydrogen-bond acceptors (Lipinski definition) is 2. The molecule has 1 aliphatic carbocycles. The molecule has 0 bridgehead atoms. The van der Waals surface area contributed by atoms with Crippen LogP contribution in [0.25, 0.3) is 0 Å². The standard InChI is InChI=1S/C18H30N2/c1-15-12-17(2,3)10-11-18(15,14-19)20(4)13-16-8-6-5-7-9-16/h5-9,15H,10-14,19H2,1-4H3. The molecule has 0 radical (unpaired) electrons. The Kier molecular flexibility index (Phi) is 4.55. The molecule has 2 rings (SSSR count). The van der Waals surface area contributed by atoms with Gasteiger partial charge in [-0.2, -0.15) is 0 Å². The minimum Gasteiger partial charge on any atom is -0.329 e. The van der Waals surface area contributed by atoms with Crippen molar-refractivity contribution in [3.63, 3.8) is 0 Å². The fourth-order valence-corrected chi connectivity index (χ4v) is 3.96. The average Bonchev–Trinajstić information content (AvgIpc) is 2.39. The van der Waals surface area contributed by atoms with Crippen molar-refractivity contribution in [1.82, 2.24) is 4.90 Å². The largest absolute Gasteiger partial charge is 0.329 e. The first-order valence-electron chi connectivity index (χ1n) is 7.85. The van der Waals surface area contributed by atoms with E-state index in [1.165, 1.54) is 24.8 Å². The van der Waals surface area contributed by atoms with Gasteiger partial charge < -0.3 is 5.73 Å². The highest BCUT2D eigenvalue weighted by Crippen LogP contribution is 2.46. The number of rotatable bonds is 4. The third-order valence-electron chi connectivity index (χ3n) is 5.39. The normalized spacial score (nSPS) is 29.6. The summed E-state index contributed by atoms with van der Waals surface area (Å²) >= 11 is 0. The van der Waals surface area contributed by atoms with Crippen LogP contribution < -0.4 is 5.73 Å². The van der Waals surface area contributed by atoms with E-state index < -0.39 is 0 Å². The molecule has 20 heavy (non-hydrogen) atoms. The first-order valence-corrected chi connectivity index (χ1v) is 7.85. The summed E-state index contributed by atoms with van der Waals surface area (Å²) in [6.07, 6.45) is 3.75. The quantitative estimate of drug-likeness (QED) is 0.908. The van der Waals surface area contributed by atoms with Crippen molar-refractivity contribution in [2.45, 2.75) is 52.1 Å². The molecule has 2 nitrogen and oxygen atoms in total. The molecule has 0 amide bonds. The summed E-state index contributed by atoms with van der Waals surface area (Å²) in [4.78, 5) is 2.50. The summed E-state index contributed by atoms with van der Waals surface area (Å²) in [7, 11) is 2.24. The highest BCUT2D eigenvalue weighted by atomic mass is 15.2. The fourth-order valence-electron chi connectivity index (χ4n) is 3.96. The second kappa shape index (κ2) is 5.87. The molecule has 2 N–H and O–H groups in total. The summed E-state index contributed by atoms with van der Waals surface area (Å²) in [5, 5.41) is 0. The van der Waals surface area contributed by atoms with E-state index in [9.17, 15) is 0 Å². The van der Waals surface area contributed by atoms with Crippen molar-refractivity contribution in [3.05, 3.63) is 35.9 Å². The van der Waals surface area contributed by atoms with Gasteiger partial charge in [0.25, 0.3) is 0 Å². The molecule has 1 aromatic carbocycles. The summed E-state index contributed by atoms with van der Waals surface area (Å²) in [5.74, 6) is 0.643. The molecular formula is C18H30N2.